The van der Waals surface area contributed by atoms with Crippen LogP contribution >= 0.6 is 11.6 Å². The van der Waals surface area contributed by atoms with E-state index in [0.29, 0.717) is 0 Å². The molecule has 0 aromatic heterocycles. The molecule has 0 saturated carbocycles. The lowest BCUT2D eigenvalue weighted by molar-refractivity contribution is -0.230. The highest BCUT2D eigenvalue weighted by atomic mass is 35.5. The molecule has 4 rings (SSSR count). The molecule has 19 nitrogen and oxygen atoms in total. The average Bonchev–Trinajstić information content (AvgIpc) is 2.94. The number of aliphatic hydroxyl groups is 4. The second-order valence-electron chi connectivity index (χ2n) is 10.1. The topological polar surface area (TPSA) is 365 Å². The third-order valence-corrected chi connectivity index (χ3v) is 7.70. The summed E-state index contributed by atoms with van der Waals surface area (Å²) < 4.78 is 0. The van der Waals surface area contributed by atoms with Crippen molar-refractivity contribution < 1.29 is 86.5 Å². The molecule has 18 N–H and O–H groups in total. The third kappa shape index (κ3) is 4.79. The summed E-state index contributed by atoms with van der Waals surface area (Å²) >= 11 is 5.97. The Morgan fingerprint density at radius 1 is 0.667 bits per heavy atom. The van der Waals surface area contributed by atoms with Crippen LogP contribution in [0.4, 0.5) is 5.69 Å². The highest BCUT2D eigenvalue weighted by molar-refractivity contribution is 6.33. The van der Waals surface area contributed by atoms with E-state index in [9.17, 15) is 86.5 Å². The molecule has 3 aromatic rings. The Hall–Kier alpha value is -5.18. The molecule has 1 aliphatic rings. The Morgan fingerprint density at radius 2 is 1.16 bits per heavy atom. The van der Waals surface area contributed by atoms with Crippen LogP contribution in [0.2, 0.25) is 5.02 Å². The van der Waals surface area contributed by atoms with Gasteiger partial charge in [0.1, 0.15) is 17.0 Å². The molecular weight excluding hydrogens is 636 g/mol. The smallest absolute Gasteiger partial charge is 0.343 e. The van der Waals surface area contributed by atoms with Gasteiger partial charge in [0.2, 0.25) is 23.2 Å². The molecule has 0 amide bonds. The molecule has 0 fully saturated rings. The number of rotatable bonds is 8. The average molecular weight is 661 g/mol. The highest BCUT2D eigenvalue weighted by Crippen LogP contribution is 2.63. The molecule has 20 heteroatoms. The van der Waals surface area contributed by atoms with E-state index in [0.717, 1.165) is 0 Å². The first-order valence-electron chi connectivity index (χ1n) is 12.2. The van der Waals surface area contributed by atoms with Gasteiger partial charge >= 0.3 is 5.97 Å². The fraction of sp³-hybridized carbons (Fsp3) is 0.240. The number of aromatic carboxylic acids is 1. The SMILES string of the molecule is CC1c2c(Cl)c(O)c(O)c(O)c2C1C(O)(O)NCC(O)(O)Nc1c(O)c(O)c(O)c(-c2c(O)c(O)c(O)c(C(=O)O)c2O)c1O. The molecule has 0 spiro atoms. The first-order valence-corrected chi connectivity index (χ1v) is 12.6. The zero-order chi connectivity index (χ0) is 34.2. The summed E-state index contributed by atoms with van der Waals surface area (Å²) in [6, 6.07) is 0. The monoisotopic (exact) mass is 660 g/mol. The van der Waals surface area contributed by atoms with Gasteiger partial charge in [-0.2, -0.15) is 0 Å². The number of nitrogens with one attached hydrogen (secondary N) is 2. The van der Waals surface area contributed by atoms with Crippen molar-refractivity contribution >= 4 is 23.3 Å². The Bertz CT molecular complexity index is 1770. The normalized spacial score (nSPS) is 16.2. The molecule has 0 saturated heterocycles. The Morgan fingerprint density at radius 3 is 1.69 bits per heavy atom. The van der Waals surface area contributed by atoms with E-state index in [1.807, 2.05) is 5.32 Å². The van der Waals surface area contributed by atoms with Crippen molar-refractivity contribution in [2.75, 3.05) is 11.9 Å². The molecule has 2 atom stereocenters. The summed E-state index contributed by atoms with van der Waals surface area (Å²) in [6.07, 6.45) is 0. The Labute approximate surface area is 253 Å². The van der Waals surface area contributed by atoms with Gasteiger partial charge in [0.25, 0.3) is 5.91 Å². The minimum atomic E-state index is -3.47. The predicted molar refractivity (Wildman–Crippen MR) is 146 cm³/mol. The van der Waals surface area contributed by atoms with Crippen molar-refractivity contribution in [3.05, 3.63) is 21.7 Å². The molecule has 2 unspecified atom stereocenters. The van der Waals surface area contributed by atoms with Crippen molar-refractivity contribution in [1.29, 1.82) is 0 Å². The van der Waals surface area contributed by atoms with E-state index in [1.165, 1.54) is 6.92 Å². The van der Waals surface area contributed by atoms with E-state index in [1.54, 1.807) is 5.32 Å². The number of hydrogen-bond acceptors (Lipinski definition) is 18. The van der Waals surface area contributed by atoms with Crippen molar-refractivity contribution in [3.63, 3.8) is 0 Å². The van der Waals surface area contributed by atoms with Crippen LogP contribution in [0.15, 0.2) is 0 Å². The van der Waals surface area contributed by atoms with Gasteiger partial charge in [-0.1, -0.05) is 18.5 Å². The number of halogens is 1. The zero-order valence-corrected chi connectivity index (χ0v) is 23.1. The molecule has 1 aliphatic carbocycles. The first kappa shape index (κ1) is 32.7. The number of carbonyl (C=O) groups is 1. The van der Waals surface area contributed by atoms with Crippen LogP contribution in [-0.4, -0.2) is 106 Å². The molecule has 3 aromatic carbocycles. The van der Waals surface area contributed by atoms with Crippen LogP contribution in [0.1, 0.15) is 40.2 Å². The molecule has 0 radical (unpaired) electrons. The number of aromatic hydroxyl groups is 11. The number of fused-ring (bicyclic) bond motifs is 1. The van der Waals surface area contributed by atoms with Gasteiger partial charge in [-0.3, -0.25) is 5.32 Å². The van der Waals surface area contributed by atoms with E-state index in [2.05, 4.69) is 0 Å². The number of benzene rings is 3. The first-order chi connectivity index (χ1) is 20.6. The highest BCUT2D eigenvalue weighted by Gasteiger charge is 2.53. The van der Waals surface area contributed by atoms with Gasteiger partial charge in [-0.25, -0.2) is 4.79 Å². The van der Waals surface area contributed by atoms with Crippen LogP contribution in [-0.2, 0) is 0 Å². The van der Waals surface area contributed by atoms with Crippen LogP contribution < -0.4 is 10.6 Å². The number of phenolic OH excluding ortho intramolecular Hbond substituents is 9. The summed E-state index contributed by atoms with van der Waals surface area (Å²) in [7, 11) is 0. The summed E-state index contributed by atoms with van der Waals surface area (Å²) in [5, 5.41) is 167. The molecule has 0 heterocycles. The van der Waals surface area contributed by atoms with Crippen molar-refractivity contribution in [2.45, 2.75) is 30.6 Å². The minimum Gasteiger partial charge on any atom is -0.506 e. The molecule has 244 valence electrons. The van der Waals surface area contributed by atoms with Gasteiger partial charge in [0.15, 0.2) is 40.2 Å². The number of phenols is 11. The molecule has 45 heavy (non-hydrogen) atoms. The zero-order valence-electron chi connectivity index (χ0n) is 22.3. The minimum absolute atomic E-state index is 0.0286. The lowest BCUT2D eigenvalue weighted by atomic mass is 9.66. The standard InChI is InChI=1S/C25H25ClN2O17/c1-3-4-5(14(31)21(38)18(35)10(4)26)9(3)25(44,45)27-2-24(42,43)28-11-13(30)7(16(33)22(39)19(11)36)6-12(29)8(23(40)41)17(34)20(37)15(6)32/h3,9,27-39,42-45H,2H2,1H3,(H,40,41). The van der Waals surface area contributed by atoms with Crippen LogP contribution in [0, 0.1) is 0 Å². The van der Waals surface area contributed by atoms with E-state index < -0.39 is 127 Å². The number of hydrogen-bond donors (Lipinski definition) is 18. The number of carboxylic acid groups (broad SMARTS) is 1. The quantitative estimate of drug-likeness (QED) is 0.0832. The van der Waals surface area contributed by atoms with Crippen LogP contribution in [0.3, 0.4) is 0 Å². The third-order valence-electron chi connectivity index (χ3n) is 7.31. The summed E-state index contributed by atoms with van der Waals surface area (Å²) in [5.74, 6) is -26.5. The van der Waals surface area contributed by atoms with Gasteiger partial charge in [0, 0.05) is 5.56 Å². The Balaban J connectivity index is 1.72. The summed E-state index contributed by atoms with van der Waals surface area (Å²) in [5.41, 5.74) is -5.70. The molecular formula is C25H25ClN2O17. The second kappa shape index (κ2) is 10.5. The maximum atomic E-state index is 11.5. The van der Waals surface area contributed by atoms with Gasteiger partial charge in [0.05, 0.1) is 28.6 Å². The fourth-order valence-electron chi connectivity index (χ4n) is 5.15. The van der Waals surface area contributed by atoms with Crippen molar-refractivity contribution in [2.24, 2.45) is 0 Å². The summed E-state index contributed by atoms with van der Waals surface area (Å²) in [6.45, 7) is 0.0201. The van der Waals surface area contributed by atoms with E-state index in [4.69, 9.17) is 11.6 Å². The maximum Gasteiger partial charge on any atom is 0.343 e. The Kier molecular flexibility index (Phi) is 7.62. The van der Waals surface area contributed by atoms with Gasteiger partial charge < -0.3 is 87.0 Å². The predicted octanol–water partition coefficient (Wildman–Crippen LogP) is -0.354. The van der Waals surface area contributed by atoms with Gasteiger partial charge in [-0.15, -0.1) is 0 Å². The van der Waals surface area contributed by atoms with Crippen LogP contribution in [0.25, 0.3) is 11.1 Å². The van der Waals surface area contributed by atoms with Crippen molar-refractivity contribution in [3.8, 4) is 74.4 Å². The fourth-order valence-corrected chi connectivity index (χ4v) is 5.51. The molecule has 0 bridgehead atoms. The lowest BCUT2D eigenvalue weighted by Crippen LogP contribution is -2.60. The van der Waals surface area contributed by atoms with E-state index >= 15 is 0 Å². The number of anilines is 1. The maximum absolute atomic E-state index is 11.5. The largest absolute Gasteiger partial charge is 0.506 e. The van der Waals surface area contributed by atoms with E-state index in [-0.39, 0.29) is 11.1 Å². The summed E-state index contributed by atoms with van der Waals surface area (Å²) in [4.78, 5) is 11.5. The van der Waals surface area contributed by atoms with Crippen LogP contribution in [0.5, 0.6) is 63.2 Å². The second-order valence-corrected chi connectivity index (χ2v) is 10.4. The lowest BCUT2D eigenvalue weighted by Gasteiger charge is -2.46. The van der Waals surface area contributed by atoms with Crippen molar-refractivity contribution in [1.82, 2.24) is 5.32 Å². The van der Waals surface area contributed by atoms with Gasteiger partial charge in [-0.05, 0) is 11.5 Å². The molecule has 0 aliphatic heterocycles. The number of carboxylic acids is 1.